The first-order valence-corrected chi connectivity index (χ1v) is 13.1. The van der Waals surface area contributed by atoms with Crippen LogP contribution >= 0.6 is 11.6 Å². The van der Waals surface area contributed by atoms with Crippen LogP contribution in [0.2, 0.25) is 5.02 Å². The number of rotatable bonds is 5. The number of sulfonamides is 1. The maximum absolute atomic E-state index is 12.7. The van der Waals surface area contributed by atoms with Gasteiger partial charge in [-0.05, 0) is 48.9 Å². The topological polar surface area (TPSA) is 114 Å². The lowest BCUT2D eigenvalue weighted by Crippen LogP contribution is -2.23. The van der Waals surface area contributed by atoms with Gasteiger partial charge < -0.3 is 0 Å². The van der Waals surface area contributed by atoms with Crippen LogP contribution in [0.5, 0.6) is 0 Å². The van der Waals surface area contributed by atoms with Crippen molar-refractivity contribution in [2.75, 3.05) is 16.2 Å². The fourth-order valence-corrected chi connectivity index (χ4v) is 8.46. The molecule has 1 fully saturated rings. The summed E-state index contributed by atoms with van der Waals surface area (Å²) in [6, 6.07) is 10.9. The monoisotopic (exact) mass is 449 g/mol. The molecule has 1 heterocycles. The third-order valence-electron chi connectivity index (χ3n) is 4.17. The number of sulfone groups is 2. The first-order valence-electron chi connectivity index (χ1n) is 7.82. The van der Waals surface area contributed by atoms with E-state index >= 15 is 0 Å². The van der Waals surface area contributed by atoms with Gasteiger partial charge in [0.15, 0.2) is 19.7 Å². The third-order valence-corrected chi connectivity index (χ3v) is 9.97. The van der Waals surface area contributed by atoms with E-state index in [-0.39, 0.29) is 27.7 Å². The van der Waals surface area contributed by atoms with E-state index in [1.54, 1.807) is 0 Å². The van der Waals surface area contributed by atoms with Gasteiger partial charge in [-0.2, -0.15) is 0 Å². The largest absolute Gasteiger partial charge is 0.280 e. The van der Waals surface area contributed by atoms with Crippen molar-refractivity contribution in [3.63, 3.8) is 0 Å². The van der Waals surface area contributed by atoms with Crippen LogP contribution in [0.4, 0.5) is 5.69 Å². The van der Waals surface area contributed by atoms with E-state index < -0.39 is 40.7 Å². The standard InChI is InChI=1S/C16H16ClNO6S3/c17-12-4-6-13(7-5-12)18-27(23,24)15-3-1-2-14(10-15)26(21,22)16-8-9-25(19,20)11-16/h1-7,10,16,18H,8-9,11H2/t16-/m1/s1. The van der Waals surface area contributed by atoms with Crippen LogP contribution < -0.4 is 4.72 Å². The SMILES string of the molecule is O=S1(=O)CC[C@@H](S(=O)(=O)c2cccc(S(=O)(=O)Nc3ccc(Cl)cc3)c2)C1. The highest BCUT2D eigenvalue weighted by Gasteiger charge is 2.38. The Bertz CT molecular complexity index is 1170. The Kier molecular flexibility index (Phi) is 5.28. The molecular weight excluding hydrogens is 434 g/mol. The summed E-state index contributed by atoms with van der Waals surface area (Å²) in [6.45, 7) is 0. The van der Waals surface area contributed by atoms with Crippen molar-refractivity contribution in [3.8, 4) is 0 Å². The average molecular weight is 450 g/mol. The molecule has 0 aromatic heterocycles. The molecule has 1 aliphatic rings. The molecular formula is C16H16ClNO6S3. The van der Waals surface area contributed by atoms with Gasteiger partial charge in [0.2, 0.25) is 0 Å². The molecule has 0 bridgehead atoms. The van der Waals surface area contributed by atoms with Gasteiger partial charge in [-0.1, -0.05) is 17.7 Å². The van der Waals surface area contributed by atoms with E-state index in [1.165, 1.54) is 42.5 Å². The fraction of sp³-hybridized carbons (Fsp3) is 0.250. The minimum atomic E-state index is -4.03. The Morgan fingerprint density at radius 3 is 2.19 bits per heavy atom. The lowest BCUT2D eigenvalue weighted by Gasteiger charge is -2.12. The summed E-state index contributed by atoms with van der Waals surface area (Å²) in [5, 5.41) is -0.623. The van der Waals surface area contributed by atoms with Crippen LogP contribution in [0.1, 0.15) is 6.42 Å². The predicted octanol–water partition coefficient (Wildman–Crippen LogP) is 2.10. The van der Waals surface area contributed by atoms with Crippen molar-refractivity contribution in [1.29, 1.82) is 0 Å². The minimum absolute atomic E-state index is 0.00463. The molecule has 0 unspecified atom stereocenters. The highest BCUT2D eigenvalue weighted by atomic mass is 35.5. The predicted molar refractivity (Wildman–Crippen MR) is 103 cm³/mol. The Morgan fingerprint density at radius 1 is 0.963 bits per heavy atom. The van der Waals surface area contributed by atoms with E-state index in [1.807, 2.05) is 0 Å². The molecule has 7 nitrogen and oxygen atoms in total. The maximum Gasteiger partial charge on any atom is 0.261 e. The Hall–Kier alpha value is -1.62. The first-order chi connectivity index (χ1) is 12.5. The van der Waals surface area contributed by atoms with Crippen molar-refractivity contribution in [2.45, 2.75) is 21.5 Å². The summed E-state index contributed by atoms with van der Waals surface area (Å²) < 4.78 is 76.0. The van der Waals surface area contributed by atoms with Gasteiger partial charge in [-0.3, -0.25) is 4.72 Å². The molecule has 0 amide bonds. The molecule has 27 heavy (non-hydrogen) atoms. The lowest BCUT2D eigenvalue weighted by atomic mass is 10.3. The highest BCUT2D eigenvalue weighted by Crippen LogP contribution is 2.27. The number of benzene rings is 2. The van der Waals surface area contributed by atoms with Gasteiger partial charge in [-0.25, -0.2) is 25.3 Å². The molecule has 2 aromatic carbocycles. The average Bonchev–Trinajstić information content (AvgIpc) is 2.98. The van der Waals surface area contributed by atoms with Gasteiger partial charge in [0, 0.05) is 10.7 Å². The van der Waals surface area contributed by atoms with Gasteiger partial charge in [0.25, 0.3) is 10.0 Å². The normalized spacial score (nSPS) is 19.7. The zero-order valence-corrected chi connectivity index (χ0v) is 17.1. The van der Waals surface area contributed by atoms with Crippen LogP contribution in [-0.2, 0) is 29.7 Å². The number of halogens is 1. The smallest absolute Gasteiger partial charge is 0.261 e. The molecule has 1 N–H and O–H groups in total. The summed E-state index contributed by atoms with van der Waals surface area (Å²) in [7, 11) is -11.4. The zero-order valence-electron chi connectivity index (χ0n) is 13.9. The molecule has 1 saturated heterocycles. The van der Waals surface area contributed by atoms with Crippen molar-refractivity contribution in [1.82, 2.24) is 0 Å². The van der Waals surface area contributed by atoms with Crippen molar-refractivity contribution in [2.24, 2.45) is 0 Å². The summed E-state index contributed by atoms with van der Waals surface area (Å²) in [5.41, 5.74) is 0.273. The van der Waals surface area contributed by atoms with Crippen molar-refractivity contribution in [3.05, 3.63) is 53.6 Å². The fourth-order valence-electron chi connectivity index (χ4n) is 2.75. The highest BCUT2D eigenvalue weighted by molar-refractivity contribution is 7.96. The van der Waals surface area contributed by atoms with Crippen LogP contribution in [0.25, 0.3) is 0 Å². The molecule has 2 aromatic rings. The molecule has 0 aliphatic carbocycles. The summed E-state index contributed by atoms with van der Waals surface area (Å²) in [4.78, 5) is -0.456. The maximum atomic E-state index is 12.7. The molecule has 146 valence electrons. The van der Waals surface area contributed by atoms with Crippen molar-refractivity contribution < 1.29 is 25.3 Å². The summed E-state index contributed by atoms with van der Waals surface area (Å²) >= 11 is 5.77. The third kappa shape index (κ3) is 4.45. The van der Waals surface area contributed by atoms with Gasteiger partial charge in [0.1, 0.15) is 0 Å². The second-order valence-corrected chi connectivity index (χ2v) is 12.7. The van der Waals surface area contributed by atoms with Crippen molar-refractivity contribution >= 4 is 47.0 Å². The quantitative estimate of drug-likeness (QED) is 0.747. The van der Waals surface area contributed by atoms with E-state index in [0.29, 0.717) is 5.02 Å². The van der Waals surface area contributed by atoms with Gasteiger partial charge in [-0.15, -0.1) is 0 Å². The second-order valence-electron chi connectivity index (χ2n) is 6.16. The second kappa shape index (κ2) is 7.08. The molecule has 1 aliphatic heterocycles. The molecule has 3 rings (SSSR count). The van der Waals surface area contributed by atoms with E-state index in [0.717, 1.165) is 6.07 Å². The minimum Gasteiger partial charge on any atom is -0.280 e. The van der Waals surface area contributed by atoms with Crippen LogP contribution in [0.3, 0.4) is 0 Å². The van der Waals surface area contributed by atoms with E-state index in [9.17, 15) is 25.3 Å². The van der Waals surface area contributed by atoms with Crippen LogP contribution in [0, 0.1) is 0 Å². The Balaban J connectivity index is 1.92. The van der Waals surface area contributed by atoms with E-state index in [4.69, 9.17) is 11.6 Å². The summed E-state index contributed by atoms with van der Waals surface area (Å²) in [6.07, 6.45) is 0.00463. The molecule has 0 spiro atoms. The number of nitrogens with one attached hydrogen (secondary N) is 1. The number of anilines is 1. The number of hydrogen-bond donors (Lipinski definition) is 1. The Labute approximate surface area is 163 Å². The van der Waals surface area contributed by atoms with Crippen LogP contribution in [-0.4, -0.2) is 42.0 Å². The molecule has 1 atom stereocenters. The zero-order chi connectivity index (χ0) is 19.9. The Morgan fingerprint density at radius 2 is 1.59 bits per heavy atom. The first kappa shape index (κ1) is 20.1. The lowest BCUT2D eigenvalue weighted by molar-refractivity contribution is 0.582. The van der Waals surface area contributed by atoms with Gasteiger partial charge >= 0.3 is 0 Å². The summed E-state index contributed by atoms with van der Waals surface area (Å²) in [5.74, 6) is -0.637. The number of hydrogen-bond acceptors (Lipinski definition) is 6. The van der Waals surface area contributed by atoms with E-state index in [2.05, 4.69) is 4.72 Å². The molecule has 0 radical (unpaired) electrons. The van der Waals surface area contributed by atoms with Crippen LogP contribution in [0.15, 0.2) is 58.3 Å². The molecule has 0 saturated carbocycles. The molecule has 11 heteroatoms. The van der Waals surface area contributed by atoms with Gasteiger partial charge in [0.05, 0.1) is 26.5 Å².